The van der Waals surface area contributed by atoms with E-state index in [1.54, 1.807) is 12.1 Å². The first-order chi connectivity index (χ1) is 20.0. The Labute approximate surface area is 243 Å². The van der Waals surface area contributed by atoms with Gasteiger partial charge in [0.1, 0.15) is 0 Å². The summed E-state index contributed by atoms with van der Waals surface area (Å²) in [5, 5.41) is 0.188. The summed E-state index contributed by atoms with van der Waals surface area (Å²) in [5.74, 6) is 2.26. The molecule has 0 radical (unpaired) electrons. The fourth-order valence-electron chi connectivity index (χ4n) is 6.10. The zero-order valence-electron chi connectivity index (χ0n) is 23.4. The van der Waals surface area contributed by atoms with Gasteiger partial charge in [0.15, 0.2) is 5.12 Å². The molecule has 0 heterocycles. The molecule has 5 rings (SSSR count). The molecule has 208 valence electrons. The molecule has 5 aromatic rings. The van der Waals surface area contributed by atoms with Crippen LogP contribution >= 0.6 is 9.16 Å². The smallest absolute Gasteiger partial charge is 0.337 e. The molecule has 0 aromatic heterocycles. The number of rotatable bonds is 10. The lowest BCUT2D eigenvalue weighted by atomic mass is 10.1. The lowest BCUT2D eigenvalue weighted by Crippen LogP contribution is -2.35. The summed E-state index contributed by atoms with van der Waals surface area (Å²) >= 11 is 0. The predicted octanol–water partition coefficient (Wildman–Crippen LogP) is 8.49. The molecule has 0 unspecified atom stereocenters. The summed E-state index contributed by atoms with van der Waals surface area (Å²) in [7, 11) is -2.12. The van der Waals surface area contributed by atoms with E-state index in [0.717, 1.165) is 22.3 Å². The van der Waals surface area contributed by atoms with Crippen molar-refractivity contribution in [3.05, 3.63) is 179 Å². The summed E-state index contributed by atoms with van der Waals surface area (Å²) < 4.78 is 4.92. The van der Waals surface area contributed by atoms with Crippen molar-refractivity contribution in [3.8, 4) is 0 Å². The number of methoxy groups -OCH3 is 1. The van der Waals surface area contributed by atoms with Gasteiger partial charge in [-0.1, -0.05) is 121 Å². The van der Waals surface area contributed by atoms with Crippen molar-refractivity contribution in [1.29, 1.82) is 0 Å². The lowest BCUT2D eigenvalue weighted by molar-refractivity contribution is 0.0600. The van der Waals surface area contributed by atoms with Crippen molar-refractivity contribution in [2.45, 2.75) is 23.0 Å². The Hall–Kier alpha value is -4.41. The largest absolute Gasteiger partial charge is 0.465 e. The van der Waals surface area contributed by atoms with Gasteiger partial charge in [0, 0.05) is 5.56 Å². The molecular weight excluding hydrogens is 524 g/mol. The summed E-state index contributed by atoms with van der Waals surface area (Å²) in [5.41, 5.74) is 5.70. The van der Waals surface area contributed by atoms with E-state index in [1.165, 1.54) is 7.11 Å². The van der Waals surface area contributed by atoms with E-state index in [2.05, 4.69) is 97.1 Å². The van der Waals surface area contributed by atoms with Gasteiger partial charge in [0.05, 0.1) is 12.7 Å². The maximum atomic E-state index is 15.5. The first-order valence-corrected chi connectivity index (χ1v) is 16.9. The second-order valence-corrected chi connectivity index (χ2v) is 16.5. The van der Waals surface area contributed by atoms with Gasteiger partial charge in [-0.3, -0.25) is 4.79 Å². The van der Waals surface area contributed by atoms with E-state index in [-0.39, 0.29) is 5.12 Å². The molecule has 0 aliphatic heterocycles. The molecule has 0 saturated carbocycles. The molecule has 0 saturated heterocycles. The molecule has 0 aliphatic carbocycles. The SMILES string of the molecule is COC(=O)c1ccc(C(=O)[SH](Cc2ccccc2)(Cc2ccccc2)(Cc2ccccc2)Cc2ccccc2)cc1. The van der Waals surface area contributed by atoms with E-state index >= 15 is 4.79 Å². The average molecular weight is 561 g/mol. The highest BCUT2D eigenvalue weighted by Gasteiger charge is 2.49. The minimum Gasteiger partial charge on any atom is -0.465 e. The molecule has 0 spiro atoms. The summed E-state index contributed by atoms with van der Waals surface area (Å²) in [6.45, 7) is 0. The number of ether oxygens (including phenoxy) is 1. The third-order valence-corrected chi connectivity index (χ3v) is 14.1. The topological polar surface area (TPSA) is 43.4 Å². The molecule has 0 amide bonds. The van der Waals surface area contributed by atoms with Crippen LogP contribution in [0.4, 0.5) is 0 Å². The molecule has 3 nitrogen and oxygen atoms in total. The zero-order valence-corrected chi connectivity index (χ0v) is 24.3. The van der Waals surface area contributed by atoms with E-state index < -0.39 is 15.1 Å². The van der Waals surface area contributed by atoms with Crippen LogP contribution < -0.4 is 0 Å². The molecule has 0 aliphatic rings. The molecule has 4 heteroatoms. The Morgan fingerprint density at radius 1 is 0.463 bits per heavy atom. The highest BCUT2D eigenvalue weighted by atomic mass is 32.3. The van der Waals surface area contributed by atoms with Gasteiger partial charge in [-0.05, 0) is 69.5 Å². The number of carbonyl (C=O) groups excluding carboxylic acids is 2. The van der Waals surface area contributed by atoms with Crippen LogP contribution in [0.1, 0.15) is 43.0 Å². The predicted molar refractivity (Wildman–Crippen MR) is 172 cm³/mol. The van der Waals surface area contributed by atoms with Crippen molar-refractivity contribution in [2.24, 2.45) is 0 Å². The van der Waals surface area contributed by atoms with Crippen LogP contribution in [0, 0.1) is 0 Å². The van der Waals surface area contributed by atoms with E-state index in [4.69, 9.17) is 4.74 Å². The Bertz CT molecular complexity index is 1410. The van der Waals surface area contributed by atoms with E-state index in [0.29, 0.717) is 34.1 Å². The first kappa shape index (κ1) is 28.1. The third-order valence-electron chi connectivity index (χ3n) is 7.89. The quantitative estimate of drug-likeness (QED) is 0.138. The molecule has 41 heavy (non-hydrogen) atoms. The fourth-order valence-corrected chi connectivity index (χ4v) is 12.9. The van der Waals surface area contributed by atoms with Gasteiger partial charge in [0.2, 0.25) is 0 Å². The monoisotopic (exact) mass is 560 g/mol. The number of benzene rings is 5. The minimum absolute atomic E-state index is 0.188. The van der Waals surface area contributed by atoms with Crippen LogP contribution in [0.2, 0.25) is 0 Å². The molecule has 0 atom stereocenters. The fraction of sp³-hybridized carbons (Fsp3) is 0.135. The number of hydrogen-bond acceptors (Lipinski definition) is 3. The van der Waals surface area contributed by atoms with E-state index in [9.17, 15) is 4.79 Å². The van der Waals surface area contributed by atoms with Gasteiger partial charge in [-0.2, -0.15) is 0 Å². The van der Waals surface area contributed by atoms with Gasteiger partial charge < -0.3 is 4.74 Å². The Kier molecular flexibility index (Phi) is 8.51. The van der Waals surface area contributed by atoms with Crippen LogP contribution in [-0.4, -0.2) is 18.2 Å². The van der Waals surface area contributed by atoms with Crippen molar-refractivity contribution < 1.29 is 14.3 Å². The maximum Gasteiger partial charge on any atom is 0.337 e. The molecule has 5 aromatic carbocycles. The van der Waals surface area contributed by atoms with Crippen LogP contribution in [0.15, 0.2) is 146 Å². The minimum atomic E-state index is -3.49. The third kappa shape index (κ3) is 6.34. The van der Waals surface area contributed by atoms with Crippen LogP contribution in [-0.2, 0) is 27.7 Å². The Morgan fingerprint density at radius 3 is 1.05 bits per heavy atom. The second kappa shape index (κ2) is 12.4. The van der Waals surface area contributed by atoms with Crippen LogP contribution in [0.5, 0.6) is 0 Å². The van der Waals surface area contributed by atoms with Crippen molar-refractivity contribution in [3.63, 3.8) is 0 Å². The van der Waals surface area contributed by atoms with Crippen molar-refractivity contribution >= 4 is 20.2 Å². The second-order valence-electron chi connectivity index (χ2n) is 10.9. The van der Waals surface area contributed by atoms with Crippen molar-refractivity contribution in [2.75, 3.05) is 7.11 Å². The Balaban J connectivity index is 1.80. The number of hydrogen-bond donors (Lipinski definition) is 1. The maximum absolute atomic E-state index is 15.5. The molecule has 0 bridgehead atoms. The number of thiol groups is 1. The van der Waals surface area contributed by atoms with Crippen LogP contribution in [0.3, 0.4) is 0 Å². The highest BCUT2D eigenvalue weighted by Crippen LogP contribution is 2.79. The summed E-state index contributed by atoms with van der Waals surface area (Å²) in [4.78, 5) is 27.7. The Morgan fingerprint density at radius 2 is 0.756 bits per heavy atom. The van der Waals surface area contributed by atoms with Gasteiger partial charge in [0.25, 0.3) is 0 Å². The zero-order chi connectivity index (χ0) is 28.6. The van der Waals surface area contributed by atoms with Crippen molar-refractivity contribution in [1.82, 2.24) is 0 Å². The molecular formula is C37H36O3S. The average Bonchev–Trinajstić information content (AvgIpc) is 3.02. The highest BCUT2D eigenvalue weighted by molar-refractivity contribution is 8.58. The normalized spacial score (nSPS) is 12.2. The molecule has 0 fully saturated rings. The number of carbonyl (C=O) groups is 2. The van der Waals surface area contributed by atoms with Gasteiger partial charge in [-0.15, -0.1) is 0 Å². The molecule has 0 N–H and O–H groups in total. The van der Waals surface area contributed by atoms with Crippen LogP contribution in [0.25, 0.3) is 0 Å². The van der Waals surface area contributed by atoms with E-state index in [1.807, 2.05) is 36.4 Å². The van der Waals surface area contributed by atoms with Gasteiger partial charge >= 0.3 is 5.97 Å². The lowest BCUT2D eigenvalue weighted by Gasteiger charge is -2.60. The summed E-state index contributed by atoms with van der Waals surface area (Å²) in [6.07, 6.45) is 0. The first-order valence-electron chi connectivity index (χ1n) is 13.9. The van der Waals surface area contributed by atoms with Gasteiger partial charge in [-0.25, -0.2) is 14.0 Å². The number of esters is 1. The standard InChI is InChI=1S/C37H36O3S/c1-40-36(38)34-22-24-35(25-23-34)37(39)41(26-30-14-6-2-7-15-30,27-31-16-8-3-9-17-31,28-32-18-10-4-11-19-32)29-33-20-12-5-13-21-33/h2-25,41H,26-29H2,1H3. The summed E-state index contributed by atoms with van der Waals surface area (Å²) in [6, 6.07) is 48.8.